The van der Waals surface area contributed by atoms with E-state index in [9.17, 15) is 4.79 Å². The van der Waals surface area contributed by atoms with E-state index in [4.69, 9.17) is 10.00 Å². The Bertz CT molecular complexity index is 1050. The molecular formula is C20H19N3O2. The number of anilines is 1. The maximum Gasteiger partial charge on any atom is 0.253 e. The number of rotatable bonds is 4. The van der Waals surface area contributed by atoms with Gasteiger partial charge >= 0.3 is 0 Å². The summed E-state index contributed by atoms with van der Waals surface area (Å²) >= 11 is 0. The Labute approximate surface area is 145 Å². The second kappa shape index (κ2) is 6.70. The zero-order valence-corrected chi connectivity index (χ0v) is 14.4. The van der Waals surface area contributed by atoms with Gasteiger partial charge in [-0.1, -0.05) is 12.1 Å². The van der Waals surface area contributed by atoms with E-state index in [1.807, 2.05) is 26.0 Å². The number of aryl methyl sites for hydroxylation is 2. The van der Waals surface area contributed by atoms with Crippen molar-refractivity contribution in [2.75, 3.05) is 12.4 Å². The molecule has 0 aliphatic heterocycles. The number of H-pyrrole nitrogens is 1. The van der Waals surface area contributed by atoms with Gasteiger partial charge in [0, 0.05) is 23.9 Å². The average molecular weight is 333 g/mol. The highest BCUT2D eigenvalue weighted by atomic mass is 16.5. The fourth-order valence-corrected chi connectivity index (χ4v) is 2.79. The highest BCUT2D eigenvalue weighted by Crippen LogP contribution is 2.23. The van der Waals surface area contributed by atoms with Gasteiger partial charge in [-0.15, -0.1) is 0 Å². The molecule has 3 rings (SSSR count). The molecule has 0 spiro atoms. The third kappa shape index (κ3) is 3.20. The van der Waals surface area contributed by atoms with E-state index in [0.717, 1.165) is 27.7 Å². The smallest absolute Gasteiger partial charge is 0.253 e. The molecule has 5 heteroatoms. The molecule has 25 heavy (non-hydrogen) atoms. The second-order valence-electron chi connectivity index (χ2n) is 5.98. The van der Waals surface area contributed by atoms with E-state index in [1.54, 1.807) is 18.2 Å². The molecule has 3 aromatic rings. The summed E-state index contributed by atoms with van der Waals surface area (Å²) in [7, 11) is 1.53. The number of methoxy groups -OCH3 is 1. The summed E-state index contributed by atoms with van der Waals surface area (Å²) in [5, 5.41) is 13.3. The Kier molecular flexibility index (Phi) is 4.44. The van der Waals surface area contributed by atoms with Crippen molar-refractivity contribution in [3.05, 3.63) is 69.0 Å². The van der Waals surface area contributed by atoms with Crippen molar-refractivity contribution >= 4 is 16.6 Å². The van der Waals surface area contributed by atoms with E-state index in [0.29, 0.717) is 23.4 Å². The molecule has 0 aliphatic carbocycles. The molecule has 0 unspecified atom stereocenters. The molecule has 0 saturated carbocycles. The minimum Gasteiger partial charge on any atom is -0.495 e. The lowest BCUT2D eigenvalue weighted by Gasteiger charge is -2.11. The fourth-order valence-electron chi connectivity index (χ4n) is 2.79. The topological polar surface area (TPSA) is 77.9 Å². The predicted molar refractivity (Wildman–Crippen MR) is 99.1 cm³/mol. The molecule has 0 saturated heterocycles. The minimum atomic E-state index is -0.102. The molecule has 2 aromatic carbocycles. The third-order valence-corrected chi connectivity index (χ3v) is 4.43. The molecule has 0 amide bonds. The lowest BCUT2D eigenvalue weighted by molar-refractivity contribution is 0.413. The molecule has 0 aliphatic rings. The highest BCUT2D eigenvalue weighted by Gasteiger charge is 2.08. The van der Waals surface area contributed by atoms with Crippen molar-refractivity contribution in [1.29, 1.82) is 5.26 Å². The number of nitrogens with zero attached hydrogens (tertiary/aromatic N) is 1. The van der Waals surface area contributed by atoms with E-state index in [-0.39, 0.29) is 5.56 Å². The Morgan fingerprint density at radius 1 is 1.20 bits per heavy atom. The van der Waals surface area contributed by atoms with Crippen molar-refractivity contribution in [2.45, 2.75) is 20.4 Å². The van der Waals surface area contributed by atoms with Crippen molar-refractivity contribution in [2.24, 2.45) is 0 Å². The first-order valence-corrected chi connectivity index (χ1v) is 7.97. The van der Waals surface area contributed by atoms with Crippen LogP contribution in [-0.2, 0) is 6.54 Å². The largest absolute Gasteiger partial charge is 0.495 e. The summed E-state index contributed by atoms with van der Waals surface area (Å²) < 4.78 is 5.20. The van der Waals surface area contributed by atoms with Crippen LogP contribution in [0.4, 0.5) is 5.69 Å². The third-order valence-electron chi connectivity index (χ3n) is 4.43. The molecule has 126 valence electrons. The molecule has 0 atom stereocenters. The summed E-state index contributed by atoms with van der Waals surface area (Å²) in [5.41, 5.74) is 4.93. The highest BCUT2D eigenvalue weighted by molar-refractivity contribution is 5.83. The first-order valence-electron chi connectivity index (χ1n) is 7.97. The quantitative estimate of drug-likeness (QED) is 0.764. The monoisotopic (exact) mass is 333 g/mol. The maximum atomic E-state index is 12.4. The summed E-state index contributed by atoms with van der Waals surface area (Å²) in [5.74, 6) is 0.506. The van der Waals surface area contributed by atoms with Crippen LogP contribution in [-0.4, -0.2) is 12.1 Å². The van der Waals surface area contributed by atoms with Crippen molar-refractivity contribution in [1.82, 2.24) is 4.98 Å². The van der Waals surface area contributed by atoms with Gasteiger partial charge in [-0.3, -0.25) is 4.79 Å². The number of benzene rings is 2. The Morgan fingerprint density at radius 3 is 2.72 bits per heavy atom. The summed E-state index contributed by atoms with van der Waals surface area (Å²) in [6.45, 7) is 4.42. The van der Waals surface area contributed by atoms with Crippen molar-refractivity contribution in [3.8, 4) is 11.8 Å². The molecule has 0 radical (unpaired) electrons. The molecular weight excluding hydrogens is 314 g/mol. The second-order valence-corrected chi connectivity index (χ2v) is 5.98. The van der Waals surface area contributed by atoms with Gasteiger partial charge in [0.05, 0.1) is 18.2 Å². The number of nitrogens with one attached hydrogen (secondary N) is 2. The van der Waals surface area contributed by atoms with Crippen LogP contribution in [0, 0.1) is 25.2 Å². The van der Waals surface area contributed by atoms with Crippen LogP contribution in [0.5, 0.6) is 5.75 Å². The summed E-state index contributed by atoms with van der Waals surface area (Å²) in [4.78, 5) is 15.4. The Balaban J connectivity index is 1.89. The van der Waals surface area contributed by atoms with E-state index in [1.165, 1.54) is 7.11 Å². The van der Waals surface area contributed by atoms with Gasteiger partial charge in [0.15, 0.2) is 0 Å². The molecule has 2 N–H and O–H groups in total. The predicted octanol–water partition coefficient (Wildman–Crippen LogP) is 3.64. The van der Waals surface area contributed by atoms with Crippen LogP contribution in [0.1, 0.15) is 22.3 Å². The number of pyridine rings is 1. The molecule has 0 fully saturated rings. The van der Waals surface area contributed by atoms with Gasteiger partial charge in [-0.25, -0.2) is 0 Å². The molecule has 1 aromatic heterocycles. The Morgan fingerprint density at radius 2 is 2.00 bits per heavy atom. The van der Waals surface area contributed by atoms with Gasteiger partial charge < -0.3 is 15.0 Å². The fraction of sp³-hybridized carbons (Fsp3) is 0.200. The number of hydrogen-bond acceptors (Lipinski definition) is 4. The SMILES string of the molecule is COc1cc(NCc2cc3ccc(C)c(C)c3[nH]c2=O)ccc1C#N. The standard InChI is InChI=1S/C20H19N3O2/c1-12-4-5-14-8-16(20(24)23-19(14)13(12)2)11-22-17-7-6-15(10-21)18(9-17)25-3/h4-9,22H,11H2,1-3H3,(H,23,24). The summed E-state index contributed by atoms with van der Waals surface area (Å²) in [6, 6.07) is 13.3. The van der Waals surface area contributed by atoms with Crippen molar-refractivity contribution in [3.63, 3.8) is 0 Å². The zero-order valence-electron chi connectivity index (χ0n) is 14.4. The average Bonchev–Trinajstić information content (AvgIpc) is 2.63. The van der Waals surface area contributed by atoms with Crippen LogP contribution in [0.2, 0.25) is 0 Å². The van der Waals surface area contributed by atoms with Crippen LogP contribution >= 0.6 is 0 Å². The van der Waals surface area contributed by atoms with E-state index < -0.39 is 0 Å². The zero-order chi connectivity index (χ0) is 18.0. The number of aromatic nitrogens is 1. The van der Waals surface area contributed by atoms with Crippen LogP contribution < -0.4 is 15.6 Å². The van der Waals surface area contributed by atoms with Crippen LogP contribution in [0.25, 0.3) is 10.9 Å². The van der Waals surface area contributed by atoms with Gasteiger partial charge in [0.1, 0.15) is 11.8 Å². The number of ether oxygens (including phenoxy) is 1. The molecule has 1 heterocycles. The van der Waals surface area contributed by atoms with Crippen LogP contribution in [0.3, 0.4) is 0 Å². The number of nitriles is 1. The van der Waals surface area contributed by atoms with E-state index >= 15 is 0 Å². The van der Waals surface area contributed by atoms with Crippen LogP contribution in [0.15, 0.2) is 41.2 Å². The van der Waals surface area contributed by atoms with Gasteiger partial charge in [-0.2, -0.15) is 5.26 Å². The van der Waals surface area contributed by atoms with E-state index in [2.05, 4.69) is 22.4 Å². The first kappa shape index (κ1) is 16.6. The first-order chi connectivity index (χ1) is 12.0. The lowest BCUT2D eigenvalue weighted by Crippen LogP contribution is -2.16. The van der Waals surface area contributed by atoms with Gasteiger partial charge in [0.25, 0.3) is 5.56 Å². The maximum absolute atomic E-state index is 12.4. The minimum absolute atomic E-state index is 0.102. The number of fused-ring (bicyclic) bond motifs is 1. The molecule has 0 bridgehead atoms. The van der Waals surface area contributed by atoms with Gasteiger partial charge in [-0.05, 0) is 48.6 Å². The van der Waals surface area contributed by atoms with Gasteiger partial charge in [0.2, 0.25) is 0 Å². The van der Waals surface area contributed by atoms with Crippen molar-refractivity contribution < 1.29 is 4.74 Å². The number of aromatic amines is 1. The summed E-state index contributed by atoms with van der Waals surface area (Å²) in [6.07, 6.45) is 0. The lowest BCUT2D eigenvalue weighted by atomic mass is 10.0. The number of hydrogen-bond donors (Lipinski definition) is 2. The normalized spacial score (nSPS) is 10.5. The molecule has 5 nitrogen and oxygen atoms in total. The Hall–Kier alpha value is -3.26.